The summed E-state index contributed by atoms with van der Waals surface area (Å²) in [5.41, 5.74) is 1.93. The zero-order valence-electron chi connectivity index (χ0n) is 14.2. The minimum Gasteiger partial charge on any atom is -0.493 e. The Hall–Kier alpha value is -2.46. The van der Waals surface area contributed by atoms with Crippen molar-refractivity contribution in [3.05, 3.63) is 66.2 Å². The second-order valence-corrected chi connectivity index (χ2v) is 5.42. The number of aryl methyl sites for hydroxylation is 1. The van der Waals surface area contributed by atoms with Crippen LogP contribution in [0.25, 0.3) is 0 Å². The van der Waals surface area contributed by atoms with Crippen LogP contribution < -0.4 is 14.2 Å². The van der Waals surface area contributed by atoms with E-state index in [0.29, 0.717) is 24.5 Å². The van der Waals surface area contributed by atoms with Gasteiger partial charge in [0.1, 0.15) is 12.4 Å². The average Bonchev–Trinajstić information content (AvgIpc) is 2.64. The maximum atomic E-state index is 10.4. The van der Waals surface area contributed by atoms with Gasteiger partial charge in [-0.2, -0.15) is 0 Å². The number of hydrogen-bond acceptors (Lipinski definition) is 4. The molecule has 128 valence electrons. The van der Waals surface area contributed by atoms with Crippen molar-refractivity contribution in [2.75, 3.05) is 20.8 Å². The van der Waals surface area contributed by atoms with Crippen LogP contribution in [-0.2, 0) is 6.42 Å². The Morgan fingerprint density at radius 3 is 2.58 bits per heavy atom. The molecule has 4 nitrogen and oxygen atoms in total. The van der Waals surface area contributed by atoms with Crippen molar-refractivity contribution in [3.8, 4) is 17.2 Å². The summed E-state index contributed by atoms with van der Waals surface area (Å²) in [6, 6.07) is 13.3. The molecule has 0 saturated heterocycles. The van der Waals surface area contributed by atoms with Crippen molar-refractivity contribution < 1.29 is 19.3 Å². The molecule has 2 aromatic rings. The highest BCUT2D eigenvalue weighted by molar-refractivity contribution is 5.43. The van der Waals surface area contributed by atoms with Gasteiger partial charge in [0.25, 0.3) is 0 Å². The van der Waals surface area contributed by atoms with Crippen molar-refractivity contribution in [2.45, 2.75) is 18.9 Å². The summed E-state index contributed by atoms with van der Waals surface area (Å²) in [5.74, 6) is 2.13. The first kappa shape index (κ1) is 17.9. The Balaban J connectivity index is 2.00. The number of ether oxygens (including phenoxy) is 3. The van der Waals surface area contributed by atoms with Crippen molar-refractivity contribution >= 4 is 0 Å². The van der Waals surface area contributed by atoms with E-state index in [2.05, 4.69) is 6.58 Å². The lowest BCUT2D eigenvalue weighted by molar-refractivity contribution is 0.167. The summed E-state index contributed by atoms with van der Waals surface area (Å²) in [5, 5.41) is 10.4. The van der Waals surface area contributed by atoms with E-state index in [9.17, 15) is 5.11 Å². The molecule has 0 amide bonds. The number of hydrogen-bond donors (Lipinski definition) is 1. The maximum absolute atomic E-state index is 10.4. The summed E-state index contributed by atoms with van der Waals surface area (Å²) in [6.07, 6.45) is 2.49. The Bertz CT molecular complexity index is 666. The molecule has 0 bridgehead atoms. The predicted octanol–water partition coefficient (Wildman–Crippen LogP) is 3.93. The summed E-state index contributed by atoms with van der Waals surface area (Å²) in [6.45, 7) is 4.08. The van der Waals surface area contributed by atoms with Crippen molar-refractivity contribution in [2.24, 2.45) is 0 Å². The number of methoxy groups -OCH3 is 2. The summed E-state index contributed by atoms with van der Waals surface area (Å²) < 4.78 is 16.1. The predicted molar refractivity (Wildman–Crippen MR) is 95.0 cm³/mol. The van der Waals surface area contributed by atoms with Crippen molar-refractivity contribution in [1.82, 2.24) is 0 Å². The summed E-state index contributed by atoms with van der Waals surface area (Å²) >= 11 is 0. The number of benzene rings is 2. The second kappa shape index (κ2) is 8.99. The minimum atomic E-state index is -0.551. The number of aliphatic hydroxyl groups excluding tert-OH is 1. The molecular formula is C20H24O4. The quantitative estimate of drug-likeness (QED) is 0.709. The Kier molecular flexibility index (Phi) is 6.70. The Morgan fingerprint density at radius 1 is 1.08 bits per heavy atom. The van der Waals surface area contributed by atoms with Gasteiger partial charge in [-0.05, 0) is 48.2 Å². The van der Waals surface area contributed by atoms with Crippen LogP contribution in [0, 0.1) is 0 Å². The van der Waals surface area contributed by atoms with Gasteiger partial charge in [0.15, 0.2) is 11.5 Å². The normalized spacial score (nSPS) is 11.6. The largest absolute Gasteiger partial charge is 0.493 e. The lowest BCUT2D eigenvalue weighted by Gasteiger charge is -2.14. The van der Waals surface area contributed by atoms with E-state index >= 15 is 0 Å². The first-order valence-corrected chi connectivity index (χ1v) is 7.90. The van der Waals surface area contributed by atoms with Gasteiger partial charge >= 0.3 is 0 Å². The molecule has 0 aromatic heterocycles. The fourth-order valence-electron chi connectivity index (χ4n) is 2.47. The van der Waals surface area contributed by atoms with Crippen LogP contribution in [0.3, 0.4) is 0 Å². The molecule has 0 fully saturated rings. The molecule has 0 aliphatic carbocycles. The Morgan fingerprint density at radius 2 is 1.88 bits per heavy atom. The first-order valence-electron chi connectivity index (χ1n) is 7.90. The molecule has 0 aliphatic heterocycles. The van der Waals surface area contributed by atoms with Gasteiger partial charge in [-0.25, -0.2) is 0 Å². The molecular weight excluding hydrogens is 304 g/mol. The zero-order chi connectivity index (χ0) is 17.4. The van der Waals surface area contributed by atoms with Gasteiger partial charge in [0.05, 0.1) is 20.3 Å². The minimum absolute atomic E-state index is 0.450. The van der Waals surface area contributed by atoms with E-state index in [1.165, 1.54) is 0 Å². The van der Waals surface area contributed by atoms with E-state index in [0.717, 1.165) is 23.3 Å². The molecule has 1 unspecified atom stereocenters. The zero-order valence-corrected chi connectivity index (χ0v) is 14.2. The van der Waals surface area contributed by atoms with Crippen LogP contribution in [0.5, 0.6) is 17.2 Å². The SMILES string of the molecule is C=CCOc1cccc(C(O)CCc2ccc(OC)c(OC)c2)c1. The van der Waals surface area contributed by atoms with Gasteiger partial charge in [0, 0.05) is 0 Å². The van der Waals surface area contributed by atoms with Crippen LogP contribution in [0.15, 0.2) is 55.1 Å². The monoisotopic (exact) mass is 328 g/mol. The molecule has 0 aliphatic rings. The summed E-state index contributed by atoms with van der Waals surface area (Å²) in [4.78, 5) is 0. The smallest absolute Gasteiger partial charge is 0.160 e. The lowest BCUT2D eigenvalue weighted by Crippen LogP contribution is -2.01. The molecule has 2 aromatic carbocycles. The molecule has 4 heteroatoms. The van der Waals surface area contributed by atoms with Gasteiger partial charge < -0.3 is 19.3 Å². The first-order chi connectivity index (χ1) is 11.7. The van der Waals surface area contributed by atoms with Gasteiger partial charge in [-0.15, -0.1) is 0 Å². The number of rotatable bonds is 9. The third kappa shape index (κ3) is 4.77. The van der Waals surface area contributed by atoms with E-state index in [4.69, 9.17) is 14.2 Å². The van der Waals surface area contributed by atoms with Crippen LogP contribution in [0.4, 0.5) is 0 Å². The van der Waals surface area contributed by atoms with Crippen molar-refractivity contribution in [1.29, 1.82) is 0 Å². The van der Waals surface area contributed by atoms with Crippen LogP contribution >= 0.6 is 0 Å². The molecule has 24 heavy (non-hydrogen) atoms. The molecule has 0 spiro atoms. The summed E-state index contributed by atoms with van der Waals surface area (Å²) in [7, 11) is 3.23. The van der Waals surface area contributed by atoms with Gasteiger partial charge in [0.2, 0.25) is 0 Å². The molecule has 0 saturated carbocycles. The van der Waals surface area contributed by atoms with Gasteiger partial charge in [-0.3, -0.25) is 0 Å². The van der Waals surface area contributed by atoms with Crippen LogP contribution in [-0.4, -0.2) is 25.9 Å². The fourth-order valence-corrected chi connectivity index (χ4v) is 2.47. The lowest BCUT2D eigenvalue weighted by atomic mass is 10.0. The molecule has 1 N–H and O–H groups in total. The van der Waals surface area contributed by atoms with E-state index in [1.807, 2.05) is 42.5 Å². The van der Waals surface area contributed by atoms with Gasteiger partial charge in [-0.1, -0.05) is 30.9 Å². The molecule has 0 heterocycles. The van der Waals surface area contributed by atoms with E-state index in [1.54, 1.807) is 20.3 Å². The van der Waals surface area contributed by atoms with E-state index in [-0.39, 0.29) is 0 Å². The molecule has 0 radical (unpaired) electrons. The Labute approximate surface area is 143 Å². The van der Waals surface area contributed by atoms with Crippen LogP contribution in [0.2, 0.25) is 0 Å². The van der Waals surface area contributed by atoms with Crippen molar-refractivity contribution in [3.63, 3.8) is 0 Å². The fraction of sp³-hybridized carbons (Fsp3) is 0.300. The maximum Gasteiger partial charge on any atom is 0.160 e. The molecule has 2 rings (SSSR count). The number of aliphatic hydroxyl groups is 1. The standard InChI is InChI=1S/C20H24O4/c1-4-12-24-17-7-5-6-16(14-17)18(21)10-8-15-9-11-19(22-2)20(13-15)23-3/h4-7,9,11,13-14,18,21H,1,8,10,12H2,2-3H3. The van der Waals surface area contributed by atoms with E-state index < -0.39 is 6.10 Å². The molecule has 1 atom stereocenters. The second-order valence-electron chi connectivity index (χ2n) is 5.42. The van der Waals surface area contributed by atoms with Crippen LogP contribution in [0.1, 0.15) is 23.7 Å². The third-order valence-corrected chi connectivity index (χ3v) is 3.77. The highest BCUT2D eigenvalue weighted by Crippen LogP contribution is 2.29. The average molecular weight is 328 g/mol. The highest BCUT2D eigenvalue weighted by Gasteiger charge is 2.10. The topological polar surface area (TPSA) is 47.9 Å². The third-order valence-electron chi connectivity index (χ3n) is 3.77. The highest BCUT2D eigenvalue weighted by atomic mass is 16.5.